The Balaban J connectivity index is 0.00000242. The summed E-state index contributed by atoms with van der Waals surface area (Å²) in [5.74, 6) is 1.58. The second-order valence-corrected chi connectivity index (χ2v) is 5.46. The summed E-state index contributed by atoms with van der Waals surface area (Å²) in [6, 6.07) is 6.80. The van der Waals surface area contributed by atoms with Crippen molar-refractivity contribution in [1.82, 2.24) is 10.2 Å². The van der Waals surface area contributed by atoms with Crippen LogP contribution in [0, 0.1) is 16.0 Å². The van der Waals surface area contributed by atoms with Gasteiger partial charge in [-0.15, -0.1) is 24.0 Å². The third kappa shape index (κ3) is 4.82. The summed E-state index contributed by atoms with van der Waals surface area (Å²) in [6.07, 6.45) is 2.32. The first-order valence-electron chi connectivity index (χ1n) is 7.29. The number of nitrogens with zero attached hydrogens (tertiary/aromatic N) is 3. The van der Waals surface area contributed by atoms with Crippen molar-refractivity contribution in [2.24, 2.45) is 10.9 Å². The zero-order chi connectivity index (χ0) is 15.2. The van der Waals surface area contributed by atoms with E-state index in [0.717, 1.165) is 37.8 Å². The number of rotatable bonds is 3. The summed E-state index contributed by atoms with van der Waals surface area (Å²) in [6.45, 7) is 4.65. The zero-order valence-corrected chi connectivity index (χ0v) is 15.3. The molecule has 0 spiro atoms. The lowest BCUT2D eigenvalue weighted by atomic mass is 9.99. The molecule has 1 aromatic rings. The Labute approximate surface area is 148 Å². The Morgan fingerprint density at radius 3 is 2.64 bits per heavy atom. The summed E-state index contributed by atoms with van der Waals surface area (Å²) >= 11 is 0. The topological polar surface area (TPSA) is 70.8 Å². The van der Waals surface area contributed by atoms with Gasteiger partial charge >= 0.3 is 0 Å². The van der Waals surface area contributed by atoms with Gasteiger partial charge in [-0.3, -0.25) is 15.1 Å². The number of aliphatic imine (C=N–C) groups is 1. The van der Waals surface area contributed by atoms with Crippen molar-refractivity contribution in [3.8, 4) is 0 Å². The maximum atomic E-state index is 11.0. The Bertz CT molecular complexity index is 528. The van der Waals surface area contributed by atoms with Crippen molar-refractivity contribution in [1.29, 1.82) is 0 Å². The van der Waals surface area contributed by atoms with Gasteiger partial charge in [-0.2, -0.15) is 0 Å². The lowest BCUT2D eigenvalue weighted by Crippen LogP contribution is -2.45. The normalized spacial score (nSPS) is 16.1. The Morgan fingerprint density at radius 1 is 1.41 bits per heavy atom. The van der Waals surface area contributed by atoms with Gasteiger partial charge in [0.2, 0.25) is 0 Å². The molecule has 6 nitrogen and oxygen atoms in total. The van der Waals surface area contributed by atoms with E-state index in [2.05, 4.69) is 22.1 Å². The number of nitro benzene ring substituents is 1. The van der Waals surface area contributed by atoms with Crippen LogP contribution in [0.3, 0.4) is 0 Å². The second-order valence-electron chi connectivity index (χ2n) is 5.46. The minimum Gasteiger partial charge on any atom is -0.352 e. The second kappa shape index (κ2) is 8.92. The Morgan fingerprint density at radius 2 is 2.05 bits per heavy atom. The van der Waals surface area contributed by atoms with E-state index in [1.807, 2.05) is 6.07 Å². The van der Waals surface area contributed by atoms with Crippen molar-refractivity contribution < 1.29 is 4.92 Å². The summed E-state index contributed by atoms with van der Waals surface area (Å²) < 4.78 is 0. The molecule has 0 aliphatic carbocycles. The highest BCUT2D eigenvalue weighted by atomic mass is 127. The van der Waals surface area contributed by atoms with Crippen LogP contribution in [0.2, 0.25) is 0 Å². The standard InChI is InChI=1S/C15H22N4O2.HI/c1-12-7-9-18(10-8-12)15(16-2)17-11-13-5-3-4-6-14(13)19(20)21;/h3-6,12H,7-11H2,1-2H3,(H,16,17);1H. The number of benzene rings is 1. The SMILES string of the molecule is CN=C(NCc1ccccc1[N+](=O)[O-])N1CCC(C)CC1.I. The molecule has 0 atom stereocenters. The first-order valence-corrected chi connectivity index (χ1v) is 7.29. The lowest BCUT2D eigenvalue weighted by molar-refractivity contribution is -0.385. The number of piperidine rings is 1. The minimum absolute atomic E-state index is 0. The largest absolute Gasteiger partial charge is 0.352 e. The van der Waals surface area contributed by atoms with Gasteiger partial charge in [0.25, 0.3) is 5.69 Å². The Kier molecular flexibility index (Phi) is 7.57. The van der Waals surface area contributed by atoms with E-state index in [-0.39, 0.29) is 34.6 Å². The fourth-order valence-corrected chi connectivity index (χ4v) is 2.57. The van der Waals surface area contributed by atoms with Gasteiger partial charge in [0, 0.05) is 38.3 Å². The van der Waals surface area contributed by atoms with Gasteiger partial charge in [-0.05, 0) is 18.8 Å². The quantitative estimate of drug-likeness (QED) is 0.269. The number of hydrogen-bond donors (Lipinski definition) is 1. The van der Waals surface area contributed by atoms with Crippen LogP contribution in [0.1, 0.15) is 25.3 Å². The number of nitrogens with one attached hydrogen (secondary N) is 1. The first kappa shape index (κ1) is 18.7. The molecule has 22 heavy (non-hydrogen) atoms. The molecular formula is C15H23IN4O2. The van der Waals surface area contributed by atoms with Crippen molar-refractivity contribution in [3.63, 3.8) is 0 Å². The maximum absolute atomic E-state index is 11.0. The third-order valence-corrected chi connectivity index (χ3v) is 3.92. The van der Waals surface area contributed by atoms with E-state index in [0.29, 0.717) is 12.1 Å². The molecular weight excluding hydrogens is 395 g/mol. The molecule has 0 aromatic heterocycles. The molecule has 1 aliphatic heterocycles. The van der Waals surface area contributed by atoms with E-state index in [1.165, 1.54) is 6.07 Å². The molecule has 1 fully saturated rings. The van der Waals surface area contributed by atoms with Crippen LogP contribution in [-0.4, -0.2) is 35.9 Å². The summed E-state index contributed by atoms with van der Waals surface area (Å²) in [5.41, 5.74) is 0.821. The molecule has 0 radical (unpaired) electrons. The molecule has 1 heterocycles. The van der Waals surface area contributed by atoms with Crippen molar-refractivity contribution in [2.45, 2.75) is 26.3 Å². The molecule has 0 saturated carbocycles. The molecule has 1 N–H and O–H groups in total. The van der Waals surface area contributed by atoms with Crippen molar-refractivity contribution >= 4 is 35.6 Å². The van der Waals surface area contributed by atoms with E-state index in [4.69, 9.17) is 0 Å². The van der Waals surface area contributed by atoms with E-state index < -0.39 is 0 Å². The lowest BCUT2D eigenvalue weighted by Gasteiger charge is -2.32. The van der Waals surface area contributed by atoms with Crippen molar-refractivity contribution in [2.75, 3.05) is 20.1 Å². The molecule has 1 saturated heterocycles. The number of likely N-dealkylation sites (tertiary alicyclic amines) is 1. The number of hydrogen-bond acceptors (Lipinski definition) is 3. The molecule has 2 rings (SSSR count). The van der Waals surface area contributed by atoms with Gasteiger partial charge in [-0.1, -0.05) is 25.1 Å². The van der Waals surface area contributed by atoms with E-state index >= 15 is 0 Å². The average molecular weight is 418 g/mol. The van der Waals surface area contributed by atoms with Gasteiger partial charge in [-0.25, -0.2) is 0 Å². The fraction of sp³-hybridized carbons (Fsp3) is 0.533. The number of guanidine groups is 1. The van der Waals surface area contributed by atoms with Gasteiger partial charge in [0.15, 0.2) is 5.96 Å². The monoisotopic (exact) mass is 418 g/mol. The van der Waals surface area contributed by atoms with Crippen LogP contribution < -0.4 is 5.32 Å². The van der Waals surface area contributed by atoms with Gasteiger partial charge < -0.3 is 10.2 Å². The minimum atomic E-state index is -0.345. The van der Waals surface area contributed by atoms with Gasteiger partial charge in [0.1, 0.15) is 0 Å². The van der Waals surface area contributed by atoms with Crippen LogP contribution >= 0.6 is 24.0 Å². The number of para-hydroxylation sites is 1. The highest BCUT2D eigenvalue weighted by Crippen LogP contribution is 2.18. The molecule has 7 heteroatoms. The van der Waals surface area contributed by atoms with Crippen LogP contribution in [-0.2, 0) is 6.54 Å². The smallest absolute Gasteiger partial charge is 0.274 e. The van der Waals surface area contributed by atoms with E-state index in [9.17, 15) is 10.1 Å². The summed E-state index contributed by atoms with van der Waals surface area (Å²) in [7, 11) is 1.75. The molecule has 1 aromatic carbocycles. The Hall–Kier alpha value is -1.38. The fourth-order valence-electron chi connectivity index (χ4n) is 2.57. The van der Waals surface area contributed by atoms with Crippen molar-refractivity contribution in [3.05, 3.63) is 39.9 Å². The van der Waals surface area contributed by atoms with E-state index in [1.54, 1.807) is 19.2 Å². The molecule has 0 bridgehead atoms. The molecule has 1 aliphatic rings. The zero-order valence-electron chi connectivity index (χ0n) is 13.0. The van der Waals surface area contributed by atoms with Crippen LogP contribution in [0.4, 0.5) is 5.69 Å². The highest BCUT2D eigenvalue weighted by molar-refractivity contribution is 14.0. The van der Waals surface area contributed by atoms with Crippen LogP contribution in [0.25, 0.3) is 0 Å². The third-order valence-electron chi connectivity index (χ3n) is 3.92. The predicted octanol–water partition coefficient (Wildman–Crippen LogP) is 3.02. The predicted molar refractivity (Wildman–Crippen MR) is 98.7 cm³/mol. The molecule has 0 amide bonds. The summed E-state index contributed by atoms with van der Waals surface area (Å²) in [4.78, 5) is 17.2. The number of nitro groups is 1. The van der Waals surface area contributed by atoms with Crippen LogP contribution in [0.5, 0.6) is 0 Å². The highest BCUT2D eigenvalue weighted by Gasteiger charge is 2.19. The molecule has 0 unspecified atom stereocenters. The number of halogens is 1. The van der Waals surface area contributed by atoms with Crippen LogP contribution in [0.15, 0.2) is 29.3 Å². The molecule has 122 valence electrons. The average Bonchev–Trinajstić information content (AvgIpc) is 2.50. The van der Waals surface area contributed by atoms with Gasteiger partial charge in [0.05, 0.1) is 4.92 Å². The summed E-state index contributed by atoms with van der Waals surface area (Å²) in [5, 5.41) is 14.2. The first-order chi connectivity index (χ1) is 10.1. The maximum Gasteiger partial charge on any atom is 0.274 e.